The molecule has 182 valence electrons. The molecule has 8 heteroatoms. The van der Waals surface area contributed by atoms with Gasteiger partial charge in [-0.25, -0.2) is 4.79 Å². The van der Waals surface area contributed by atoms with Crippen LogP contribution in [0.3, 0.4) is 0 Å². The molecule has 1 unspecified atom stereocenters. The van der Waals surface area contributed by atoms with Gasteiger partial charge in [0.2, 0.25) is 5.91 Å². The highest BCUT2D eigenvalue weighted by molar-refractivity contribution is 5.86. The molecule has 8 nitrogen and oxygen atoms in total. The second-order valence-corrected chi connectivity index (χ2v) is 9.21. The van der Waals surface area contributed by atoms with Crippen LogP contribution in [-0.4, -0.2) is 54.5 Å². The zero-order valence-corrected chi connectivity index (χ0v) is 19.8. The smallest absolute Gasteiger partial charge is 0.407 e. The minimum atomic E-state index is -1.05. The second-order valence-electron chi connectivity index (χ2n) is 9.21. The molecule has 3 rings (SSSR count). The monoisotopic (exact) mass is 468 g/mol. The van der Waals surface area contributed by atoms with Crippen molar-refractivity contribution in [2.24, 2.45) is 0 Å². The molecule has 3 N–H and O–H groups in total. The van der Waals surface area contributed by atoms with Crippen LogP contribution in [0, 0.1) is 0 Å². The Labute approximate surface area is 199 Å². The number of amides is 2. The summed E-state index contributed by atoms with van der Waals surface area (Å²) in [7, 11) is 0. The molecule has 1 atom stereocenters. The van der Waals surface area contributed by atoms with Gasteiger partial charge in [0, 0.05) is 18.9 Å². The van der Waals surface area contributed by atoms with Gasteiger partial charge < -0.3 is 25.2 Å². The van der Waals surface area contributed by atoms with Gasteiger partial charge in [-0.2, -0.15) is 0 Å². The number of fused-ring (bicyclic) bond motifs is 3. The third kappa shape index (κ3) is 6.81. The topological polar surface area (TPSA) is 114 Å². The number of alkyl carbamates (subject to hydrolysis) is 1. The summed E-state index contributed by atoms with van der Waals surface area (Å²) >= 11 is 0. The van der Waals surface area contributed by atoms with Crippen LogP contribution in [0.4, 0.5) is 4.79 Å². The predicted molar refractivity (Wildman–Crippen MR) is 128 cm³/mol. The number of carboxylic acids is 1. The van der Waals surface area contributed by atoms with Gasteiger partial charge in [0.05, 0.1) is 12.2 Å². The molecule has 0 aromatic heterocycles. The molecule has 34 heavy (non-hydrogen) atoms. The predicted octanol–water partition coefficient (Wildman–Crippen LogP) is 3.69. The maximum Gasteiger partial charge on any atom is 0.407 e. The molecule has 0 fully saturated rings. The minimum absolute atomic E-state index is 0.0501. The van der Waals surface area contributed by atoms with Crippen LogP contribution in [0.25, 0.3) is 11.1 Å². The molecule has 2 amide bonds. The van der Waals surface area contributed by atoms with Crippen LogP contribution < -0.4 is 10.6 Å². The first-order valence-corrected chi connectivity index (χ1v) is 11.4. The molecular formula is C26H32N2O6. The lowest BCUT2D eigenvalue weighted by Crippen LogP contribution is -2.48. The highest BCUT2D eigenvalue weighted by Gasteiger charge is 2.30. The summed E-state index contributed by atoms with van der Waals surface area (Å²) in [5, 5.41) is 14.2. The average Bonchev–Trinajstić information content (AvgIpc) is 3.11. The molecule has 0 spiro atoms. The number of benzene rings is 2. The van der Waals surface area contributed by atoms with E-state index in [0.717, 1.165) is 22.3 Å². The zero-order valence-electron chi connectivity index (χ0n) is 19.8. The lowest BCUT2D eigenvalue weighted by atomic mass is 9.98. The van der Waals surface area contributed by atoms with E-state index in [2.05, 4.69) is 10.6 Å². The van der Waals surface area contributed by atoms with Gasteiger partial charge >= 0.3 is 12.1 Å². The van der Waals surface area contributed by atoms with Crippen molar-refractivity contribution in [3.8, 4) is 11.1 Å². The number of carbonyl (C=O) groups is 3. The van der Waals surface area contributed by atoms with Gasteiger partial charge in [-0.15, -0.1) is 0 Å². The third-order valence-corrected chi connectivity index (χ3v) is 5.54. The number of aliphatic carboxylic acids is 1. The van der Waals surface area contributed by atoms with E-state index >= 15 is 0 Å². The van der Waals surface area contributed by atoms with Crippen LogP contribution in [-0.2, 0) is 19.1 Å². The first kappa shape index (κ1) is 25.2. The van der Waals surface area contributed by atoms with Crippen molar-refractivity contribution in [1.29, 1.82) is 0 Å². The summed E-state index contributed by atoms with van der Waals surface area (Å²) in [6, 6.07) is 15.0. The van der Waals surface area contributed by atoms with Crippen molar-refractivity contribution in [3.63, 3.8) is 0 Å². The fraction of sp³-hybridized carbons (Fsp3) is 0.423. The largest absolute Gasteiger partial charge is 0.481 e. The van der Waals surface area contributed by atoms with Crippen LogP contribution in [0.2, 0.25) is 0 Å². The van der Waals surface area contributed by atoms with Gasteiger partial charge in [-0.3, -0.25) is 9.59 Å². The minimum Gasteiger partial charge on any atom is -0.481 e. The first-order valence-electron chi connectivity index (χ1n) is 11.4. The Morgan fingerprint density at radius 3 is 2.15 bits per heavy atom. The Bertz CT molecular complexity index is 984. The van der Waals surface area contributed by atoms with Gasteiger partial charge in [0.15, 0.2) is 0 Å². The first-order chi connectivity index (χ1) is 16.2. The second kappa shape index (κ2) is 11.2. The summed E-state index contributed by atoms with van der Waals surface area (Å²) in [5.41, 5.74) is 4.05. The van der Waals surface area contributed by atoms with Crippen molar-refractivity contribution in [1.82, 2.24) is 10.6 Å². The Hall–Kier alpha value is -3.39. The Kier molecular flexibility index (Phi) is 8.28. The number of carbonyl (C=O) groups excluding carboxylic acids is 2. The molecule has 2 aromatic rings. The molecule has 0 bridgehead atoms. The molecule has 0 saturated heterocycles. The van der Waals surface area contributed by atoms with E-state index < -0.39 is 24.0 Å². The lowest BCUT2D eigenvalue weighted by molar-refractivity contribution is -0.137. The summed E-state index contributed by atoms with van der Waals surface area (Å²) in [6.07, 6.45) is -1.08. The maximum atomic E-state index is 12.6. The summed E-state index contributed by atoms with van der Waals surface area (Å²) in [4.78, 5) is 36.2. The van der Waals surface area contributed by atoms with E-state index in [0.29, 0.717) is 6.61 Å². The third-order valence-electron chi connectivity index (χ3n) is 5.54. The van der Waals surface area contributed by atoms with E-state index in [1.54, 1.807) is 0 Å². The van der Waals surface area contributed by atoms with E-state index in [1.807, 2.05) is 69.3 Å². The Morgan fingerprint density at radius 2 is 1.59 bits per heavy atom. The van der Waals surface area contributed by atoms with Crippen molar-refractivity contribution in [3.05, 3.63) is 59.7 Å². The summed E-state index contributed by atoms with van der Waals surface area (Å²) in [5.74, 6) is -1.64. The van der Waals surface area contributed by atoms with Crippen LogP contribution in [0.1, 0.15) is 50.7 Å². The SMILES string of the molecule is CC(C)(C)OCCNC(=O)C(CCC(=O)O)NC(=O)OCC1c2ccccc2-c2ccccc21. The number of nitrogens with one attached hydrogen (secondary N) is 2. The molecule has 1 aliphatic carbocycles. The lowest BCUT2D eigenvalue weighted by Gasteiger charge is -2.21. The van der Waals surface area contributed by atoms with Gasteiger partial charge in [0.1, 0.15) is 12.6 Å². The number of hydrogen-bond donors (Lipinski definition) is 3. The van der Waals surface area contributed by atoms with Crippen molar-refractivity contribution in [2.75, 3.05) is 19.8 Å². The van der Waals surface area contributed by atoms with E-state index in [-0.39, 0.29) is 37.5 Å². The molecule has 0 radical (unpaired) electrons. The van der Waals surface area contributed by atoms with Crippen molar-refractivity contribution < 1.29 is 29.0 Å². The van der Waals surface area contributed by atoms with Gasteiger partial charge in [0.25, 0.3) is 0 Å². The fourth-order valence-corrected chi connectivity index (χ4v) is 3.97. The Morgan fingerprint density at radius 1 is 1.00 bits per heavy atom. The molecular weight excluding hydrogens is 436 g/mol. The quantitative estimate of drug-likeness (QED) is 0.458. The van der Waals surface area contributed by atoms with Gasteiger partial charge in [-0.1, -0.05) is 48.5 Å². The average molecular weight is 469 g/mol. The van der Waals surface area contributed by atoms with Crippen LogP contribution in [0.15, 0.2) is 48.5 Å². The van der Waals surface area contributed by atoms with Crippen molar-refractivity contribution >= 4 is 18.0 Å². The highest BCUT2D eigenvalue weighted by Crippen LogP contribution is 2.44. The zero-order chi connectivity index (χ0) is 24.7. The molecule has 2 aromatic carbocycles. The molecule has 0 heterocycles. The van der Waals surface area contributed by atoms with Crippen LogP contribution >= 0.6 is 0 Å². The normalized spacial score (nSPS) is 13.5. The van der Waals surface area contributed by atoms with E-state index in [1.165, 1.54) is 0 Å². The molecule has 1 aliphatic rings. The number of hydrogen-bond acceptors (Lipinski definition) is 5. The van der Waals surface area contributed by atoms with Gasteiger partial charge in [-0.05, 0) is 49.4 Å². The summed E-state index contributed by atoms with van der Waals surface area (Å²) in [6.45, 7) is 6.36. The van der Waals surface area contributed by atoms with Crippen LogP contribution in [0.5, 0.6) is 0 Å². The fourth-order valence-electron chi connectivity index (χ4n) is 3.97. The number of ether oxygens (including phenoxy) is 2. The Balaban J connectivity index is 1.59. The van der Waals surface area contributed by atoms with E-state index in [9.17, 15) is 14.4 Å². The van der Waals surface area contributed by atoms with Crippen molar-refractivity contribution in [2.45, 2.75) is 51.2 Å². The maximum absolute atomic E-state index is 12.6. The number of carboxylic acid groups (broad SMARTS) is 1. The van der Waals surface area contributed by atoms with E-state index in [4.69, 9.17) is 14.6 Å². The molecule has 0 aliphatic heterocycles. The summed E-state index contributed by atoms with van der Waals surface area (Å²) < 4.78 is 11.1. The highest BCUT2D eigenvalue weighted by atomic mass is 16.5. The number of rotatable bonds is 10. The molecule has 0 saturated carbocycles. The standard InChI is InChI=1S/C26H32N2O6/c1-26(2,3)34-15-14-27-24(31)22(12-13-23(29)30)28-25(32)33-16-21-19-10-6-4-8-17(19)18-9-5-7-11-20(18)21/h4-11,21-22H,12-16H2,1-3H3,(H,27,31)(H,28,32)(H,29,30).